The molecule has 8 heteroatoms. The lowest BCUT2D eigenvalue weighted by atomic mass is 10.1. The standard InChI is InChI=1S/C21H27N3O3S2/c1-28-20-10-6-5-9-19(20)22-21(25)13-16-24-14-11-17(12-15-24)23-29(26,27)18-7-3-2-4-8-18/h2-10,17,23H,11-16H2,1H3,(H,22,25). The maximum absolute atomic E-state index is 12.4. The van der Waals surface area contributed by atoms with Crippen molar-refractivity contribution in [2.45, 2.75) is 35.1 Å². The van der Waals surface area contributed by atoms with Crippen molar-refractivity contribution in [3.63, 3.8) is 0 Å². The largest absolute Gasteiger partial charge is 0.325 e. The highest BCUT2D eigenvalue weighted by molar-refractivity contribution is 7.98. The Morgan fingerprint density at radius 2 is 1.72 bits per heavy atom. The van der Waals surface area contributed by atoms with Crippen molar-refractivity contribution in [2.24, 2.45) is 0 Å². The lowest BCUT2D eigenvalue weighted by Crippen LogP contribution is -2.45. The van der Waals surface area contributed by atoms with Gasteiger partial charge in [0.25, 0.3) is 0 Å². The van der Waals surface area contributed by atoms with E-state index in [0.29, 0.717) is 17.9 Å². The summed E-state index contributed by atoms with van der Waals surface area (Å²) in [5.41, 5.74) is 0.846. The number of sulfonamides is 1. The van der Waals surface area contributed by atoms with Gasteiger partial charge in [0, 0.05) is 23.9 Å². The molecule has 156 valence electrons. The first-order valence-electron chi connectivity index (χ1n) is 9.70. The molecule has 6 nitrogen and oxygen atoms in total. The van der Waals surface area contributed by atoms with Crippen LogP contribution in [-0.4, -0.2) is 51.2 Å². The van der Waals surface area contributed by atoms with Gasteiger partial charge in [-0.05, 0) is 56.5 Å². The first-order chi connectivity index (χ1) is 14.0. The maximum Gasteiger partial charge on any atom is 0.240 e. The number of para-hydroxylation sites is 1. The Labute approximate surface area is 177 Å². The number of carbonyl (C=O) groups is 1. The summed E-state index contributed by atoms with van der Waals surface area (Å²) in [6, 6.07) is 16.1. The highest BCUT2D eigenvalue weighted by Crippen LogP contribution is 2.24. The molecule has 0 spiro atoms. The van der Waals surface area contributed by atoms with Crippen LogP contribution in [0.5, 0.6) is 0 Å². The Bertz CT molecular complexity index is 912. The molecule has 2 N–H and O–H groups in total. The zero-order valence-electron chi connectivity index (χ0n) is 16.5. The molecule has 1 aliphatic rings. The number of thioether (sulfide) groups is 1. The molecule has 0 aromatic heterocycles. The first kappa shape index (κ1) is 21.8. The molecule has 0 atom stereocenters. The molecule has 1 heterocycles. The van der Waals surface area contributed by atoms with Gasteiger partial charge < -0.3 is 10.2 Å². The number of likely N-dealkylation sites (tertiary alicyclic amines) is 1. The van der Waals surface area contributed by atoms with Crippen LogP contribution >= 0.6 is 11.8 Å². The fourth-order valence-electron chi connectivity index (χ4n) is 3.38. The highest BCUT2D eigenvalue weighted by atomic mass is 32.2. The van der Waals surface area contributed by atoms with Crippen LogP contribution in [-0.2, 0) is 14.8 Å². The summed E-state index contributed by atoms with van der Waals surface area (Å²) in [5.74, 6) is -0.00148. The Kier molecular flexibility index (Phi) is 7.71. The molecular formula is C21H27N3O3S2. The van der Waals surface area contributed by atoms with Crippen LogP contribution in [0.1, 0.15) is 19.3 Å². The summed E-state index contributed by atoms with van der Waals surface area (Å²) in [6.07, 6.45) is 3.89. The van der Waals surface area contributed by atoms with Gasteiger partial charge in [0.1, 0.15) is 0 Å². The minimum absolute atomic E-state index is 0.00148. The van der Waals surface area contributed by atoms with Crippen LogP contribution in [0.15, 0.2) is 64.4 Å². The molecule has 29 heavy (non-hydrogen) atoms. The van der Waals surface area contributed by atoms with Crippen molar-refractivity contribution in [3.8, 4) is 0 Å². The predicted octanol–water partition coefficient (Wildman–Crippen LogP) is 3.18. The molecule has 1 saturated heterocycles. The van der Waals surface area contributed by atoms with Gasteiger partial charge in [-0.15, -0.1) is 11.8 Å². The third kappa shape index (κ3) is 6.30. The van der Waals surface area contributed by atoms with E-state index in [9.17, 15) is 13.2 Å². The van der Waals surface area contributed by atoms with Crippen LogP contribution in [0.2, 0.25) is 0 Å². The third-order valence-corrected chi connectivity index (χ3v) is 7.33. The minimum Gasteiger partial charge on any atom is -0.325 e. The molecule has 0 aliphatic carbocycles. The summed E-state index contributed by atoms with van der Waals surface area (Å²) >= 11 is 1.61. The van der Waals surface area contributed by atoms with Gasteiger partial charge in [0.2, 0.25) is 15.9 Å². The van der Waals surface area contributed by atoms with Crippen molar-refractivity contribution < 1.29 is 13.2 Å². The van der Waals surface area contributed by atoms with Gasteiger partial charge in [-0.1, -0.05) is 30.3 Å². The average Bonchev–Trinajstić information content (AvgIpc) is 2.74. The van der Waals surface area contributed by atoms with Gasteiger partial charge in [-0.25, -0.2) is 13.1 Å². The molecular weight excluding hydrogens is 406 g/mol. The molecule has 0 bridgehead atoms. The first-order valence-corrected chi connectivity index (χ1v) is 12.4. The van der Waals surface area contributed by atoms with E-state index in [-0.39, 0.29) is 11.9 Å². The Hall–Kier alpha value is -1.87. The molecule has 2 aromatic carbocycles. The van der Waals surface area contributed by atoms with Crippen molar-refractivity contribution >= 4 is 33.4 Å². The Morgan fingerprint density at radius 3 is 2.41 bits per heavy atom. The lowest BCUT2D eigenvalue weighted by molar-refractivity contribution is -0.116. The number of hydrogen-bond acceptors (Lipinski definition) is 5. The number of piperidine rings is 1. The summed E-state index contributed by atoms with van der Waals surface area (Å²) in [4.78, 5) is 15.9. The van der Waals surface area contributed by atoms with E-state index in [1.54, 1.807) is 42.1 Å². The average molecular weight is 434 g/mol. The summed E-state index contributed by atoms with van der Waals surface area (Å²) in [5, 5.41) is 2.98. The topological polar surface area (TPSA) is 78.5 Å². The number of benzene rings is 2. The fourth-order valence-corrected chi connectivity index (χ4v) is 5.26. The summed E-state index contributed by atoms with van der Waals surface area (Å²) < 4.78 is 27.7. The zero-order valence-corrected chi connectivity index (χ0v) is 18.1. The number of rotatable bonds is 8. The molecule has 3 rings (SSSR count). The normalized spacial score (nSPS) is 15.9. The molecule has 0 radical (unpaired) electrons. The van der Waals surface area contributed by atoms with Crippen LogP contribution in [0.3, 0.4) is 0 Å². The predicted molar refractivity (Wildman–Crippen MR) is 118 cm³/mol. The molecule has 0 unspecified atom stereocenters. The highest BCUT2D eigenvalue weighted by Gasteiger charge is 2.24. The van der Waals surface area contributed by atoms with E-state index in [1.165, 1.54) is 0 Å². The molecule has 1 amide bonds. The molecule has 2 aromatic rings. The molecule has 0 saturated carbocycles. The Balaban J connectivity index is 1.42. The SMILES string of the molecule is CSc1ccccc1NC(=O)CCN1CCC(NS(=O)(=O)c2ccccc2)CC1. The summed E-state index contributed by atoms with van der Waals surface area (Å²) in [7, 11) is -3.48. The van der Waals surface area contributed by atoms with Crippen LogP contribution in [0.4, 0.5) is 5.69 Å². The zero-order chi connectivity index (χ0) is 20.7. The van der Waals surface area contributed by atoms with Crippen LogP contribution < -0.4 is 10.0 Å². The van der Waals surface area contributed by atoms with Crippen molar-refractivity contribution in [1.82, 2.24) is 9.62 Å². The van der Waals surface area contributed by atoms with E-state index in [4.69, 9.17) is 0 Å². The second-order valence-corrected chi connectivity index (χ2v) is 9.61. The lowest BCUT2D eigenvalue weighted by Gasteiger charge is -2.32. The second-order valence-electron chi connectivity index (χ2n) is 7.05. The van der Waals surface area contributed by atoms with Gasteiger partial charge in [0.15, 0.2) is 0 Å². The van der Waals surface area contributed by atoms with Gasteiger partial charge >= 0.3 is 0 Å². The quantitative estimate of drug-likeness (QED) is 0.625. The van der Waals surface area contributed by atoms with E-state index in [1.807, 2.05) is 30.5 Å². The van der Waals surface area contributed by atoms with Crippen molar-refractivity contribution in [3.05, 3.63) is 54.6 Å². The molecule has 1 fully saturated rings. The second kappa shape index (κ2) is 10.2. The van der Waals surface area contributed by atoms with Gasteiger partial charge in [-0.3, -0.25) is 4.79 Å². The van der Waals surface area contributed by atoms with Gasteiger partial charge in [-0.2, -0.15) is 0 Å². The molecule has 1 aliphatic heterocycles. The van der Waals surface area contributed by atoms with E-state index in [2.05, 4.69) is 14.9 Å². The number of nitrogens with one attached hydrogen (secondary N) is 2. The van der Waals surface area contributed by atoms with E-state index in [0.717, 1.165) is 36.5 Å². The third-order valence-electron chi connectivity index (χ3n) is 5.00. The number of amides is 1. The number of anilines is 1. The fraction of sp³-hybridized carbons (Fsp3) is 0.381. The number of nitrogens with zero attached hydrogens (tertiary/aromatic N) is 1. The van der Waals surface area contributed by atoms with Crippen LogP contribution in [0.25, 0.3) is 0 Å². The van der Waals surface area contributed by atoms with E-state index < -0.39 is 10.0 Å². The van der Waals surface area contributed by atoms with Crippen LogP contribution in [0, 0.1) is 0 Å². The summed E-state index contributed by atoms with van der Waals surface area (Å²) in [6.45, 7) is 2.22. The van der Waals surface area contributed by atoms with Gasteiger partial charge in [0.05, 0.1) is 10.6 Å². The number of hydrogen-bond donors (Lipinski definition) is 2. The smallest absolute Gasteiger partial charge is 0.240 e. The maximum atomic E-state index is 12.4. The Morgan fingerprint density at radius 1 is 1.07 bits per heavy atom. The number of carbonyl (C=O) groups excluding carboxylic acids is 1. The van der Waals surface area contributed by atoms with Crippen molar-refractivity contribution in [2.75, 3.05) is 31.2 Å². The minimum atomic E-state index is -3.48. The van der Waals surface area contributed by atoms with Crippen molar-refractivity contribution in [1.29, 1.82) is 0 Å². The van der Waals surface area contributed by atoms with E-state index >= 15 is 0 Å². The monoisotopic (exact) mass is 433 g/mol.